The molecule has 82 valence electrons. The van der Waals surface area contributed by atoms with Gasteiger partial charge in [0.1, 0.15) is 6.54 Å². The van der Waals surface area contributed by atoms with E-state index >= 15 is 0 Å². The Kier molecular flexibility index (Phi) is 3.46. The van der Waals surface area contributed by atoms with Gasteiger partial charge in [0, 0.05) is 6.04 Å². The van der Waals surface area contributed by atoms with Gasteiger partial charge in [-0.25, -0.2) is 5.14 Å². The standard InChI is InChI=1S/C7H14N2O4S/c1-2-13-7(10)5-9(6-3-4-6)14(8,11)12/h6H,2-5H2,1H3,(H2,8,11,12). The van der Waals surface area contributed by atoms with E-state index in [1.807, 2.05) is 0 Å². The molecule has 0 aliphatic heterocycles. The molecule has 0 saturated heterocycles. The predicted octanol–water partition coefficient (Wildman–Crippen LogP) is -0.783. The van der Waals surface area contributed by atoms with Crippen LogP contribution in [0.15, 0.2) is 0 Å². The number of hydrogen-bond acceptors (Lipinski definition) is 4. The minimum Gasteiger partial charge on any atom is -0.465 e. The van der Waals surface area contributed by atoms with Crippen molar-refractivity contribution in [1.29, 1.82) is 0 Å². The van der Waals surface area contributed by atoms with Crippen LogP contribution in [-0.4, -0.2) is 37.9 Å². The molecule has 14 heavy (non-hydrogen) atoms. The van der Waals surface area contributed by atoms with Crippen molar-refractivity contribution < 1.29 is 17.9 Å². The van der Waals surface area contributed by atoms with Crippen LogP contribution < -0.4 is 5.14 Å². The molecule has 2 N–H and O–H groups in total. The van der Waals surface area contributed by atoms with Crippen molar-refractivity contribution in [2.24, 2.45) is 5.14 Å². The smallest absolute Gasteiger partial charge is 0.321 e. The molecule has 0 aromatic heterocycles. The first-order valence-electron chi connectivity index (χ1n) is 4.40. The molecular weight excluding hydrogens is 208 g/mol. The molecule has 1 aliphatic carbocycles. The summed E-state index contributed by atoms with van der Waals surface area (Å²) in [5, 5.41) is 4.96. The number of nitrogens with two attached hydrogens (primary N) is 1. The third kappa shape index (κ3) is 3.24. The number of esters is 1. The lowest BCUT2D eigenvalue weighted by atomic mass is 10.6. The van der Waals surface area contributed by atoms with E-state index in [4.69, 9.17) is 5.14 Å². The average molecular weight is 222 g/mol. The van der Waals surface area contributed by atoms with Crippen LogP contribution in [0.25, 0.3) is 0 Å². The van der Waals surface area contributed by atoms with Gasteiger partial charge >= 0.3 is 5.97 Å². The van der Waals surface area contributed by atoms with Crippen LogP contribution in [0.5, 0.6) is 0 Å². The van der Waals surface area contributed by atoms with Gasteiger partial charge in [-0.05, 0) is 19.8 Å². The van der Waals surface area contributed by atoms with Gasteiger partial charge in [0.15, 0.2) is 0 Å². The van der Waals surface area contributed by atoms with E-state index in [-0.39, 0.29) is 19.2 Å². The first-order valence-corrected chi connectivity index (χ1v) is 5.90. The second kappa shape index (κ2) is 4.24. The van der Waals surface area contributed by atoms with Gasteiger partial charge in [0.25, 0.3) is 10.2 Å². The zero-order valence-corrected chi connectivity index (χ0v) is 8.79. The third-order valence-corrected chi connectivity index (χ3v) is 2.95. The molecule has 1 saturated carbocycles. The quantitative estimate of drug-likeness (QED) is 0.618. The van der Waals surface area contributed by atoms with Crippen molar-refractivity contribution in [3.05, 3.63) is 0 Å². The minimum absolute atomic E-state index is 0.116. The number of nitrogens with zero attached hydrogens (tertiary/aromatic N) is 1. The van der Waals surface area contributed by atoms with Gasteiger partial charge in [0.2, 0.25) is 0 Å². The summed E-state index contributed by atoms with van der Waals surface area (Å²) < 4.78 is 27.7. The fourth-order valence-electron chi connectivity index (χ4n) is 1.12. The summed E-state index contributed by atoms with van der Waals surface area (Å²) >= 11 is 0. The normalized spacial score (nSPS) is 17.1. The topological polar surface area (TPSA) is 89.7 Å². The van der Waals surface area contributed by atoms with E-state index in [1.54, 1.807) is 6.92 Å². The zero-order valence-electron chi connectivity index (χ0n) is 7.97. The highest BCUT2D eigenvalue weighted by Crippen LogP contribution is 2.27. The number of carbonyl (C=O) groups is 1. The molecule has 0 aromatic rings. The van der Waals surface area contributed by atoms with Crippen LogP contribution in [0.3, 0.4) is 0 Å². The van der Waals surface area contributed by atoms with Crippen LogP contribution >= 0.6 is 0 Å². The number of carbonyl (C=O) groups excluding carboxylic acids is 1. The van der Waals surface area contributed by atoms with E-state index in [9.17, 15) is 13.2 Å². The first kappa shape index (κ1) is 11.4. The Labute approximate surface area is 83.2 Å². The molecule has 0 unspecified atom stereocenters. The summed E-state index contributed by atoms with van der Waals surface area (Å²) in [6.45, 7) is 1.62. The van der Waals surface area contributed by atoms with Gasteiger partial charge in [-0.15, -0.1) is 0 Å². The van der Waals surface area contributed by atoms with Crippen LogP contribution in [-0.2, 0) is 19.7 Å². The number of rotatable bonds is 5. The zero-order chi connectivity index (χ0) is 10.8. The molecule has 0 heterocycles. The highest BCUT2D eigenvalue weighted by molar-refractivity contribution is 7.86. The fraction of sp³-hybridized carbons (Fsp3) is 0.857. The third-order valence-electron chi connectivity index (χ3n) is 1.87. The van der Waals surface area contributed by atoms with E-state index in [0.29, 0.717) is 0 Å². The van der Waals surface area contributed by atoms with Crippen molar-refractivity contribution in [2.45, 2.75) is 25.8 Å². The molecule has 1 rings (SSSR count). The van der Waals surface area contributed by atoms with Gasteiger partial charge in [0.05, 0.1) is 6.61 Å². The summed E-state index contributed by atoms with van der Waals surface area (Å²) in [5.41, 5.74) is 0. The monoisotopic (exact) mass is 222 g/mol. The summed E-state index contributed by atoms with van der Waals surface area (Å²) in [4.78, 5) is 11.0. The van der Waals surface area contributed by atoms with Crippen molar-refractivity contribution in [1.82, 2.24) is 4.31 Å². The molecule has 0 spiro atoms. The minimum atomic E-state index is -3.78. The molecule has 1 fully saturated rings. The molecule has 0 amide bonds. The Balaban J connectivity index is 2.56. The Morgan fingerprint density at radius 2 is 2.14 bits per heavy atom. The Morgan fingerprint density at radius 1 is 1.57 bits per heavy atom. The van der Waals surface area contributed by atoms with Gasteiger partial charge in [-0.1, -0.05) is 0 Å². The lowest BCUT2D eigenvalue weighted by Gasteiger charge is -2.17. The second-order valence-corrected chi connectivity index (χ2v) is 4.63. The first-order chi connectivity index (χ1) is 6.45. The van der Waals surface area contributed by atoms with Gasteiger partial charge in [-0.2, -0.15) is 12.7 Å². The molecule has 0 radical (unpaired) electrons. The summed E-state index contributed by atoms with van der Waals surface area (Å²) in [7, 11) is -3.78. The largest absolute Gasteiger partial charge is 0.465 e. The van der Waals surface area contributed by atoms with Crippen LogP contribution in [0.4, 0.5) is 0 Å². The summed E-state index contributed by atoms with van der Waals surface area (Å²) in [6.07, 6.45) is 1.52. The van der Waals surface area contributed by atoms with Gasteiger partial charge < -0.3 is 4.74 Å². The Bertz CT molecular complexity index is 310. The average Bonchev–Trinajstić information content (AvgIpc) is 2.81. The predicted molar refractivity (Wildman–Crippen MR) is 49.5 cm³/mol. The van der Waals surface area contributed by atoms with Crippen molar-refractivity contribution in [3.8, 4) is 0 Å². The molecule has 0 atom stereocenters. The molecule has 0 bridgehead atoms. The SMILES string of the molecule is CCOC(=O)CN(C1CC1)S(N)(=O)=O. The maximum atomic E-state index is 11.0. The fourth-order valence-corrected chi connectivity index (χ4v) is 2.03. The lowest BCUT2D eigenvalue weighted by molar-refractivity contribution is -0.143. The summed E-state index contributed by atoms with van der Waals surface area (Å²) in [6, 6.07) is -0.116. The van der Waals surface area contributed by atoms with E-state index in [0.717, 1.165) is 17.1 Å². The summed E-state index contributed by atoms with van der Waals surface area (Å²) in [5.74, 6) is -0.562. The van der Waals surface area contributed by atoms with Crippen LogP contribution in [0, 0.1) is 0 Å². The van der Waals surface area contributed by atoms with Crippen molar-refractivity contribution in [3.63, 3.8) is 0 Å². The number of hydrogen-bond donors (Lipinski definition) is 1. The maximum Gasteiger partial charge on any atom is 0.321 e. The Hall–Kier alpha value is -0.660. The molecule has 7 heteroatoms. The van der Waals surface area contributed by atoms with Crippen molar-refractivity contribution >= 4 is 16.2 Å². The van der Waals surface area contributed by atoms with Crippen LogP contribution in [0.2, 0.25) is 0 Å². The Morgan fingerprint density at radius 3 is 2.50 bits per heavy atom. The highest BCUT2D eigenvalue weighted by Gasteiger charge is 2.36. The molecule has 0 aromatic carbocycles. The second-order valence-electron chi connectivity index (χ2n) is 3.13. The number of ether oxygens (including phenoxy) is 1. The van der Waals surface area contributed by atoms with E-state index in [2.05, 4.69) is 4.74 Å². The highest BCUT2D eigenvalue weighted by atomic mass is 32.2. The van der Waals surface area contributed by atoms with Crippen LogP contribution in [0.1, 0.15) is 19.8 Å². The molecular formula is C7H14N2O4S. The maximum absolute atomic E-state index is 11.0. The van der Waals surface area contributed by atoms with E-state index < -0.39 is 16.2 Å². The molecule has 1 aliphatic rings. The lowest BCUT2D eigenvalue weighted by Crippen LogP contribution is -2.42. The molecule has 6 nitrogen and oxygen atoms in total. The van der Waals surface area contributed by atoms with Crippen molar-refractivity contribution in [2.75, 3.05) is 13.2 Å². The van der Waals surface area contributed by atoms with E-state index in [1.165, 1.54) is 0 Å². The van der Waals surface area contributed by atoms with Gasteiger partial charge in [-0.3, -0.25) is 4.79 Å².